The molecular formula is C46H65N11O9. The average molecular weight is 916 g/mol. The molecule has 0 bridgehead atoms. The van der Waals surface area contributed by atoms with Crippen molar-refractivity contribution in [1.29, 1.82) is 0 Å². The van der Waals surface area contributed by atoms with Crippen molar-refractivity contribution >= 4 is 58.9 Å². The standard InChI is InChI=1S/C46H65N11O9/c1-26(39(47)60)55(3)44(65)35(25-58)54-41(62)36-24-31-18-11-17-30-20-21-33(45(66)57(36)37(30)31)53-42(63)38(29-15-9-6-10-16-29)56(4)43(64)32(19-12-22-50-46(48)49)52-40(61)34(51-27(2)59)23-28-13-7-5-8-14-28/h6,9-11,15-18,26,28,32-36,38,58H,5,7-8,12-14,19-25H2,1-4H3,(H2,47,60)(H,51,59)(H,52,61)(H,53,63)(H,54,62)(H4,48,49,50)/t26-,32-,33?,34-,35-,36?,38-/m0/s1. The smallest absolute Gasteiger partial charge is 0.250 e. The lowest BCUT2D eigenvalue weighted by Crippen LogP contribution is -2.59. The molecule has 2 aliphatic heterocycles. The van der Waals surface area contributed by atoms with Crippen molar-refractivity contribution in [2.24, 2.45) is 28.1 Å². The zero-order valence-corrected chi connectivity index (χ0v) is 38.2. The van der Waals surface area contributed by atoms with Crippen molar-refractivity contribution in [1.82, 2.24) is 31.1 Å². The highest BCUT2D eigenvalue weighted by Crippen LogP contribution is 2.39. The Kier molecular flexibility index (Phi) is 17.6. The monoisotopic (exact) mass is 915 g/mol. The quantitative estimate of drug-likeness (QED) is 0.0471. The molecular weight excluding hydrogens is 851 g/mol. The minimum Gasteiger partial charge on any atom is -0.394 e. The first-order chi connectivity index (χ1) is 31.4. The Hall–Kier alpha value is -6.57. The van der Waals surface area contributed by atoms with Crippen LogP contribution < -0.4 is 43.4 Å². The summed E-state index contributed by atoms with van der Waals surface area (Å²) in [4.78, 5) is 117. The maximum absolute atomic E-state index is 14.7. The van der Waals surface area contributed by atoms with E-state index in [0.717, 1.165) is 42.6 Å². The van der Waals surface area contributed by atoms with Gasteiger partial charge in [-0.3, -0.25) is 48.2 Å². The Balaban J connectivity index is 1.41. The van der Waals surface area contributed by atoms with Gasteiger partial charge in [-0.1, -0.05) is 80.6 Å². The lowest BCUT2D eigenvalue weighted by Gasteiger charge is -2.34. The number of carbonyl (C=O) groups is 8. The summed E-state index contributed by atoms with van der Waals surface area (Å²) in [6.07, 6.45) is 6.30. The molecule has 11 N–H and O–H groups in total. The van der Waals surface area contributed by atoms with Crippen LogP contribution in [0.4, 0.5) is 5.69 Å². The summed E-state index contributed by atoms with van der Waals surface area (Å²) in [5.41, 5.74) is 18.9. The minimum absolute atomic E-state index is 0.0743. The molecule has 1 aliphatic carbocycles. The van der Waals surface area contributed by atoms with Crippen molar-refractivity contribution in [3.05, 3.63) is 65.2 Å². The maximum Gasteiger partial charge on any atom is 0.250 e. The Morgan fingerprint density at radius 2 is 1.48 bits per heavy atom. The van der Waals surface area contributed by atoms with Crippen molar-refractivity contribution in [2.75, 3.05) is 32.1 Å². The van der Waals surface area contributed by atoms with Gasteiger partial charge in [0.15, 0.2) is 5.96 Å². The highest BCUT2D eigenvalue weighted by atomic mass is 16.3. The van der Waals surface area contributed by atoms with Crippen LogP contribution in [-0.4, -0.2) is 132 Å². The molecule has 2 aromatic rings. The molecule has 20 heteroatoms. The molecule has 66 heavy (non-hydrogen) atoms. The molecule has 2 aromatic carbocycles. The molecule has 358 valence electrons. The number of hydrogen-bond acceptors (Lipinski definition) is 10. The second-order valence-corrected chi connectivity index (χ2v) is 17.5. The molecule has 1 saturated carbocycles. The second-order valence-electron chi connectivity index (χ2n) is 17.5. The highest BCUT2D eigenvalue weighted by molar-refractivity contribution is 6.09. The largest absolute Gasteiger partial charge is 0.394 e. The van der Waals surface area contributed by atoms with Gasteiger partial charge < -0.3 is 53.4 Å². The van der Waals surface area contributed by atoms with Crippen molar-refractivity contribution in [3.8, 4) is 0 Å². The van der Waals surface area contributed by atoms with Gasteiger partial charge in [0, 0.05) is 34.0 Å². The predicted molar refractivity (Wildman–Crippen MR) is 245 cm³/mol. The molecule has 20 nitrogen and oxygen atoms in total. The van der Waals surface area contributed by atoms with E-state index in [1.165, 1.54) is 37.7 Å². The van der Waals surface area contributed by atoms with Crippen LogP contribution in [0.2, 0.25) is 0 Å². The molecule has 7 atom stereocenters. The van der Waals surface area contributed by atoms with Gasteiger partial charge in [0.05, 0.1) is 12.3 Å². The highest BCUT2D eigenvalue weighted by Gasteiger charge is 2.46. The number of aliphatic imine (C=N–C) groups is 1. The van der Waals surface area contributed by atoms with Crippen molar-refractivity contribution in [2.45, 2.75) is 127 Å². The molecule has 0 saturated heterocycles. The van der Waals surface area contributed by atoms with Crippen LogP contribution in [0.3, 0.4) is 0 Å². The number of amides is 8. The molecule has 0 radical (unpaired) electrons. The van der Waals surface area contributed by atoms with E-state index in [9.17, 15) is 43.5 Å². The fourth-order valence-electron chi connectivity index (χ4n) is 9.13. The number of anilines is 1. The first-order valence-corrected chi connectivity index (χ1v) is 22.6. The SMILES string of the molecule is CC(=O)N[C@@H](CC1CCCCC1)C(=O)N[C@@H](CCCN=C(N)N)C(=O)N(C)[C@H](C(=O)NC1CCc2cccc3c2N(C1=O)C(C(=O)N[C@@H](CO)C(=O)N(C)[C@@H](C)C(N)=O)C3)c1ccccc1. The van der Waals surface area contributed by atoms with Gasteiger partial charge in [-0.25, -0.2) is 0 Å². The van der Waals surface area contributed by atoms with Gasteiger partial charge in [-0.2, -0.15) is 0 Å². The number of aliphatic hydroxyl groups is 1. The Morgan fingerprint density at radius 1 is 0.818 bits per heavy atom. The first-order valence-electron chi connectivity index (χ1n) is 22.6. The Bertz CT molecular complexity index is 2140. The van der Waals surface area contributed by atoms with Crippen LogP contribution in [0.25, 0.3) is 0 Å². The number of nitrogens with two attached hydrogens (primary N) is 3. The fraction of sp³-hybridized carbons (Fsp3) is 0.543. The number of benzene rings is 2. The fourth-order valence-corrected chi connectivity index (χ4v) is 9.13. The van der Waals surface area contributed by atoms with Crippen LogP contribution >= 0.6 is 0 Å². The van der Waals surface area contributed by atoms with Crippen molar-refractivity contribution < 1.29 is 43.5 Å². The van der Waals surface area contributed by atoms with Crippen molar-refractivity contribution in [3.63, 3.8) is 0 Å². The number of hydrogen-bond donors (Lipinski definition) is 8. The Morgan fingerprint density at radius 3 is 2.12 bits per heavy atom. The summed E-state index contributed by atoms with van der Waals surface area (Å²) < 4.78 is 0. The minimum atomic E-state index is -1.46. The predicted octanol–water partition coefficient (Wildman–Crippen LogP) is -0.602. The third kappa shape index (κ3) is 12.4. The van der Waals surface area contributed by atoms with Gasteiger partial charge >= 0.3 is 0 Å². The number of aryl methyl sites for hydroxylation is 1. The molecule has 8 amide bonds. The summed E-state index contributed by atoms with van der Waals surface area (Å²) in [5.74, 6) is -5.10. The van der Waals surface area contributed by atoms with E-state index in [2.05, 4.69) is 26.3 Å². The van der Waals surface area contributed by atoms with E-state index in [1.54, 1.807) is 36.4 Å². The zero-order chi connectivity index (χ0) is 48.2. The maximum atomic E-state index is 14.7. The van der Waals surface area contributed by atoms with Gasteiger partial charge in [0.2, 0.25) is 47.3 Å². The number of nitrogens with zero attached hydrogens (tertiary/aromatic N) is 4. The number of para-hydroxylation sites is 1. The summed E-state index contributed by atoms with van der Waals surface area (Å²) in [5, 5.41) is 21.2. The Labute approximate surface area is 384 Å². The van der Waals surface area contributed by atoms with Gasteiger partial charge in [-0.15, -0.1) is 0 Å². The lowest BCUT2D eigenvalue weighted by atomic mass is 9.84. The molecule has 1 fully saturated rings. The van der Waals surface area contributed by atoms with E-state index < -0.39 is 96.2 Å². The number of carbonyl (C=O) groups excluding carboxylic acids is 8. The van der Waals surface area contributed by atoms with E-state index in [4.69, 9.17) is 17.2 Å². The van der Waals surface area contributed by atoms with E-state index in [0.29, 0.717) is 29.7 Å². The summed E-state index contributed by atoms with van der Waals surface area (Å²) in [6, 6.07) is 5.64. The summed E-state index contributed by atoms with van der Waals surface area (Å²) in [6.45, 7) is 2.08. The molecule has 3 aliphatic rings. The third-order valence-corrected chi connectivity index (χ3v) is 12.8. The molecule has 0 spiro atoms. The van der Waals surface area contributed by atoms with Gasteiger partial charge in [0.25, 0.3) is 0 Å². The molecule has 0 aromatic heterocycles. The van der Waals surface area contributed by atoms with Crippen LogP contribution in [0.5, 0.6) is 0 Å². The zero-order valence-electron chi connectivity index (χ0n) is 38.2. The van der Waals surface area contributed by atoms with Crippen LogP contribution in [0.1, 0.15) is 94.4 Å². The van der Waals surface area contributed by atoms with E-state index in [1.807, 2.05) is 12.1 Å². The van der Waals surface area contributed by atoms with E-state index >= 15 is 0 Å². The number of likely N-dealkylation sites (N-methyl/N-ethyl adjacent to an activating group) is 2. The molecule has 2 heterocycles. The second kappa shape index (κ2) is 23.1. The number of nitrogens with one attached hydrogen (secondary N) is 4. The number of primary amides is 1. The number of rotatable bonds is 20. The average Bonchev–Trinajstić information content (AvgIpc) is 3.64. The van der Waals surface area contributed by atoms with E-state index in [-0.39, 0.29) is 44.1 Å². The first kappa shape index (κ1) is 50.4. The van der Waals surface area contributed by atoms with Gasteiger partial charge in [0.1, 0.15) is 42.3 Å². The molecule has 2 unspecified atom stereocenters. The molecule has 5 rings (SSSR count). The summed E-state index contributed by atoms with van der Waals surface area (Å²) >= 11 is 0. The van der Waals surface area contributed by atoms with Crippen LogP contribution in [-0.2, 0) is 51.2 Å². The summed E-state index contributed by atoms with van der Waals surface area (Å²) in [7, 11) is 2.75. The lowest BCUT2D eigenvalue weighted by molar-refractivity contribution is -0.143. The number of aliphatic hydroxyl groups excluding tert-OH is 1. The number of guanidine groups is 1. The van der Waals surface area contributed by atoms with Crippen LogP contribution in [0.15, 0.2) is 53.5 Å². The normalized spacial score (nSPS) is 19.0. The third-order valence-electron chi connectivity index (χ3n) is 12.8. The van der Waals surface area contributed by atoms with Gasteiger partial charge in [-0.05, 0) is 61.6 Å². The topological polar surface area (TPSA) is 305 Å². The van der Waals surface area contributed by atoms with Crippen LogP contribution in [0, 0.1) is 5.92 Å².